The second kappa shape index (κ2) is 10.8. The molecule has 27 heavy (non-hydrogen) atoms. The summed E-state index contributed by atoms with van der Waals surface area (Å²) in [7, 11) is 2.69. The van der Waals surface area contributed by atoms with Gasteiger partial charge < -0.3 is 20.9 Å². The van der Waals surface area contributed by atoms with Gasteiger partial charge in [0.1, 0.15) is 0 Å². The highest BCUT2D eigenvalue weighted by Gasteiger charge is 2.12. The third kappa shape index (κ3) is 6.13. The molecule has 0 spiro atoms. The number of anilines is 2. The maximum absolute atomic E-state index is 11.3. The zero-order valence-corrected chi connectivity index (χ0v) is 18.1. The molecule has 0 saturated carbocycles. The van der Waals surface area contributed by atoms with Crippen molar-refractivity contribution >= 4 is 45.9 Å². The minimum Gasteiger partial charge on any atom is -0.465 e. The molecule has 2 aromatic carbocycles. The smallest absolute Gasteiger partial charge is 0.339 e. The van der Waals surface area contributed by atoms with Crippen molar-refractivity contribution in [3.05, 3.63) is 56.2 Å². The summed E-state index contributed by atoms with van der Waals surface area (Å²) in [5.74, 6) is -0.775. The first-order chi connectivity index (χ1) is 12.8. The second-order valence-electron chi connectivity index (χ2n) is 5.64. The van der Waals surface area contributed by atoms with E-state index in [1.165, 1.54) is 14.2 Å². The lowest BCUT2D eigenvalue weighted by atomic mass is 10.1. The van der Waals surface area contributed by atoms with Crippen LogP contribution in [0.4, 0.5) is 11.4 Å². The Bertz CT molecular complexity index is 822. The van der Waals surface area contributed by atoms with Gasteiger partial charge in [0.05, 0.1) is 25.3 Å². The summed E-state index contributed by atoms with van der Waals surface area (Å²) >= 11 is 2.19. The van der Waals surface area contributed by atoms with Crippen molar-refractivity contribution in [2.75, 3.05) is 25.7 Å². The summed E-state index contributed by atoms with van der Waals surface area (Å²) < 4.78 is 10.2. The molecule has 146 valence electrons. The lowest BCUT2D eigenvalue weighted by Gasteiger charge is -2.07. The number of ether oxygens (including phenoxy) is 2. The van der Waals surface area contributed by atoms with Gasteiger partial charge >= 0.3 is 11.9 Å². The van der Waals surface area contributed by atoms with Crippen LogP contribution in [0.25, 0.3) is 0 Å². The van der Waals surface area contributed by atoms with Crippen LogP contribution in [0.1, 0.15) is 45.7 Å². The molecule has 0 aliphatic carbocycles. The molecule has 4 N–H and O–H groups in total. The average Bonchev–Trinajstić information content (AvgIpc) is 2.68. The Labute approximate surface area is 173 Å². The molecule has 0 fully saturated rings. The molecule has 2 aromatic rings. The number of carbonyl (C=O) groups is 2. The fourth-order valence-corrected chi connectivity index (χ4v) is 3.17. The molecule has 0 saturated heterocycles. The lowest BCUT2D eigenvalue weighted by molar-refractivity contribution is 0.0593. The van der Waals surface area contributed by atoms with Gasteiger partial charge in [0.15, 0.2) is 0 Å². The van der Waals surface area contributed by atoms with Crippen LogP contribution < -0.4 is 11.5 Å². The number of aryl methyl sites for hydroxylation is 2. The number of hydrogen-bond acceptors (Lipinski definition) is 6. The Morgan fingerprint density at radius 1 is 0.889 bits per heavy atom. The van der Waals surface area contributed by atoms with E-state index >= 15 is 0 Å². The Kier molecular flexibility index (Phi) is 9.07. The van der Waals surface area contributed by atoms with Crippen molar-refractivity contribution in [3.8, 4) is 0 Å². The number of hydrogen-bond donors (Lipinski definition) is 2. The lowest BCUT2D eigenvalue weighted by Crippen LogP contribution is -2.07. The van der Waals surface area contributed by atoms with E-state index in [1.54, 1.807) is 18.2 Å². The van der Waals surface area contributed by atoms with E-state index in [9.17, 15) is 9.59 Å². The third-order valence-electron chi connectivity index (χ3n) is 3.93. The van der Waals surface area contributed by atoms with Crippen LogP contribution in [0.5, 0.6) is 0 Å². The minimum atomic E-state index is -0.389. The van der Waals surface area contributed by atoms with E-state index in [2.05, 4.69) is 39.0 Å². The molecular formula is C20H25IN2O4. The Balaban J connectivity index is 0.000000271. The zero-order valence-electron chi connectivity index (χ0n) is 16.0. The molecule has 2 rings (SSSR count). The molecule has 0 unspecified atom stereocenters. The second-order valence-corrected chi connectivity index (χ2v) is 6.80. The van der Waals surface area contributed by atoms with Crippen molar-refractivity contribution < 1.29 is 19.1 Å². The number of nitrogens with two attached hydrogens (primary N) is 2. The number of carbonyl (C=O) groups excluding carboxylic acids is 2. The Morgan fingerprint density at radius 3 is 1.93 bits per heavy atom. The highest BCUT2D eigenvalue weighted by Crippen LogP contribution is 2.22. The molecule has 6 nitrogen and oxygen atoms in total. The number of halogens is 1. The molecule has 7 heteroatoms. The van der Waals surface area contributed by atoms with E-state index in [0.717, 1.165) is 27.5 Å². The number of rotatable bonds is 4. The van der Waals surface area contributed by atoms with Crippen LogP contribution in [-0.2, 0) is 22.3 Å². The first kappa shape index (κ1) is 22.8. The molecule has 0 aliphatic heterocycles. The van der Waals surface area contributed by atoms with E-state index in [1.807, 2.05) is 19.1 Å². The highest BCUT2D eigenvalue weighted by molar-refractivity contribution is 14.1. The van der Waals surface area contributed by atoms with Crippen LogP contribution in [0, 0.1) is 3.57 Å². The number of benzene rings is 2. The van der Waals surface area contributed by atoms with E-state index in [4.69, 9.17) is 11.5 Å². The molecule has 0 aromatic heterocycles. The predicted octanol–water partition coefficient (Wildman–Crippen LogP) is 3.84. The van der Waals surface area contributed by atoms with Gasteiger partial charge in [0.2, 0.25) is 0 Å². The number of nitrogen functional groups attached to an aromatic ring is 2. The van der Waals surface area contributed by atoms with Crippen molar-refractivity contribution in [1.29, 1.82) is 0 Å². The van der Waals surface area contributed by atoms with Crippen LogP contribution in [-0.4, -0.2) is 26.2 Å². The van der Waals surface area contributed by atoms with Gasteiger partial charge in [0.25, 0.3) is 0 Å². The monoisotopic (exact) mass is 484 g/mol. The van der Waals surface area contributed by atoms with Crippen LogP contribution in [0.2, 0.25) is 0 Å². The van der Waals surface area contributed by atoms with Crippen LogP contribution >= 0.6 is 22.6 Å². The van der Waals surface area contributed by atoms with E-state index in [-0.39, 0.29) is 11.9 Å². The molecule has 0 radical (unpaired) electrons. The van der Waals surface area contributed by atoms with E-state index in [0.29, 0.717) is 22.5 Å². The van der Waals surface area contributed by atoms with Crippen molar-refractivity contribution in [1.82, 2.24) is 0 Å². The van der Waals surface area contributed by atoms with Crippen LogP contribution in [0.3, 0.4) is 0 Å². The molecule has 0 aliphatic rings. The van der Waals surface area contributed by atoms with Gasteiger partial charge in [-0.2, -0.15) is 0 Å². The Hall–Kier alpha value is -2.29. The number of methoxy groups -OCH3 is 2. The van der Waals surface area contributed by atoms with Gasteiger partial charge in [0, 0.05) is 14.9 Å². The molecular weight excluding hydrogens is 459 g/mol. The first-order valence-corrected chi connectivity index (χ1v) is 9.49. The SMILES string of the molecule is CCc1cc(N)c(C(=O)OC)cc1I.CCc1ccc(C(=O)OC)c(N)c1. The largest absolute Gasteiger partial charge is 0.465 e. The maximum atomic E-state index is 11.3. The average molecular weight is 484 g/mol. The van der Waals surface area contributed by atoms with Gasteiger partial charge in [-0.1, -0.05) is 19.9 Å². The number of esters is 2. The van der Waals surface area contributed by atoms with Gasteiger partial charge in [-0.15, -0.1) is 0 Å². The van der Waals surface area contributed by atoms with Crippen LogP contribution in [0.15, 0.2) is 30.3 Å². The maximum Gasteiger partial charge on any atom is 0.339 e. The fourth-order valence-electron chi connectivity index (χ4n) is 2.32. The normalized spacial score (nSPS) is 9.81. The van der Waals surface area contributed by atoms with Crippen molar-refractivity contribution in [2.45, 2.75) is 26.7 Å². The first-order valence-electron chi connectivity index (χ1n) is 8.41. The van der Waals surface area contributed by atoms with Gasteiger partial charge in [-0.05, 0) is 70.8 Å². The zero-order chi connectivity index (χ0) is 20.6. The van der Waals surface area contributed by atoms with E-state index < -0.39 is 0 Å². The van der Waals surface area contributed by atoms with Crippen molar-refractivity contribution in [2.24, 2.45) is 0 Å². The summed E-state index contributed by atoms with van der Waals surface area (Å²) in [6.45, 7) is 4.08. The summed E-state index contributed by atoms with van der Waals surface area (Å²) in [5.41, 5.74) is 15.5. The van der Waals surface area contributed by atoms with Gasteiger partial charge in [-0.3, -0.25) is 0 Å². The summed E-state index contributed by atoms with van der Waals surface area (Å²) in [4.78, 5) is 22.4. The highest BCUT2D eigenvalue weighted by atomic mass is 127. The minimum absolute atomic E-state index is 0.386. The van der Waals surface area contributed by atoms with Crippen molar-refractivity contribution in [3.63, 3.8) is 0 Å². The third-order valence-corrected chi connectivity index (χ3v) is 4.94. The summed E-state index contributed by atoms with van der Waals surface area (Å²) in [6, 6.07) is 8.96. The summed E-state index contributed by atoms with van der Waals surface area (Å²) in [6.07, 6.45) is 1.82. The Morgan fingerprint density at radius 2 is 1.44 bits per heavy atom. The standard InChI is InChI=1S/C10H12INO2.C10H13NO2/c1-3-6-4-9(12)7(5-8(6)11)10(13)14-2;1-3-7-4-5-8(9(11)6-7)10(12)13-2/h4-5H,3,12H2,1-2H3;4-6H,3,11H2,1-2H3. The predicted molar refractivity (Wildman–Crippen MR) is 116 cm³/mol. The van der Waals surface area contributed by atoms with Gasteiger partial charge in [-0.25, -0.2) is 9.59 Å². The molecule has 0 bridgehead atoms. The quantitative estimate of drug-likeness (QED) is 0.388. The fraction of sp³-hybridized carbons (Fsp3) is 0.300. The molecule has 0 amide bonds. The molecule has 0 heterocycles. The topological polar surface area (TPSA) is 105 Å². The summed E-state index contributed by atoms with van der Waals surface area (Å²) in [5, 5.41) is 0. The molecule has 0 atom stereocenters.